The normalized spacial score (nSPS) is 46.0. The van der Waals surface area contributed by atoms with Gasteiger partial charge in [0, 0.05) is 13.3 Å². The molecule has 4 aliphatic rings. The van der Waals surface area contributed by atoms with Crippen LogP contribution < -0.4 is 0 Å². The molecule has 0 aromatic carbocycles. The summed E-state index contributed by atoms with van der Waals surface area (Å²) in [5, 5.41) is 0. The molecule has 0 aromatic heterocycles. The molecule has 0 bridgehead atoms. The topological polar surface area (TPSA) is 61.8 Å². The van der Waals surface area contributed by atoms with E-state index < -0.39 is 11.0 Å². The Hall–Kier alpha value is -0.940. The van der Waals surface area contributed by atoms with Crippen LogP contribution in [0, 0.1) is 34.5 Å². The Bertz CT molecular complexity index is 696. The van der Waals surface area contributed by atoms with Crippen molar-refractivity contribution in [3.8, 4) is 0 Å². The summed E-state index contributed by atoms with van der Waals surface area (Å²) in [6.07, 6.45) is 7.81. The van der Waals surface area contributed by atoms with Gasteiger partial charge in [-0.3, -0.25) is 9.59 Å². The molecule has 2 unspecified atom stereocenters. The second-order valence-corrected chi connectivity index (χ2v) is 11.9. The molecule has 4 fully saturated rings. The molecule has 4 aliphatic carbocycles. The van der Waals surface area contributed by atoms with Crippen molar-refractivity contribution >= 4 is 11.8 Å². The van der Waals surface area contributed by atoms with E-state index in [0.29, 0.717) is 35.9 Å². The van der Waals surface area contributed by atoms with Gasteiger partial charge >= 0.3 is 5.97 Å². The van der Waals surface area contributed by atoms with Crippen molar-refractivity contribution in [1.82, 2.24) is 0 Å². The van der Waals surface area contributed by atoms with Gasteiger partial charge in [0.25, 0.3) is 0 Å². The summed E-state index contributed by atoms with van der Waals surface area (Å²) >= 11 is 0. The van der Waals surface area contributed by atoms with Crippen molar-refractivity contribution < 1.29 is 24.1 Å². The standard InChI is InChI=1S/C25H40O5/c1-15(26)28-17-11-12-24(5)16(13-17)7-8-18-19-9-10-21(27)25(19,6)22(14-20(18)24)29-30-23(2,3)4/h16-20,22H,7-14H2,1-6H3/t16-,17-,18+,19+,20?,22?,24+,25+/m1/s1. The maximum absolute atomic E-state index is 13.1. The molecule has 0 aliphatic heterocycles. The number of fused-ring (bicyclic) bond motifs is 5. The van der Waals surface area contributed by atoms with Crippen molar-refractivity contribution in [2.45, 2.75) is 111 Å². The number of ether oxygens (including phenoxy) is 1. The van der Waals surface area contributed by atoms with E-state index in [-0.39, 0.29) is 23.6 Å². The third-order valence-corrected chi connectivity index (χ3v) is 9.15. The SMILES string of the molecule is CC(=O)O[C@@H]1CC[C@]2(C)C3CC(OOC(C)(C)C)[C@]4(C)C(=O)CC[C@H]4[C@@H]3CC[C@@H]2C1. The van der Waals surface area contributed by atoms with E-state index in [0.717, 1.165) is 32.1 Å². The van der Waals surface area contributed by atoms with Gasteiger partial charge in [-0.1, -0.05) is 6.92 Å². The van der Waals surface area contributed by atoms with Crippen LogP contribution in [-0.2, 0) is 24.1 Å². The van der Waals surface area contributed by atoms with Crippen LogP contribution in [-0.4, -0.2) is 29.6 Å². The van der Waals surface area contributed by atoms with Crippen molar-refractivity contribution in [2.75, 3.05) is 0 Å². The first kappa shape index (κ1) is 22.3. The van der Waals surface area contributed by atoms with Crippen LogP contribution in [0.4, 0.5) is 0 Å². The number of hydrogen-bond acceptors (Lipinski definition) is 5. The molecular formula is C25H40O5. The number of rotatable bonds is 3. The van der Waals surface area contributed by atoms with Crippen molar-refractivity contribution in [2.24, 2.45) is 34.5 Å². The van der Waals surface area contributed by atoms with Crippen molar-refractivity contribution in [3.63, 3.8) is 0 Å². The van der Waals surface area contributed by atoms with Crippen LogP contribution >= 0.6 is 0 Å². The van der Waals surface area contributed by atoms with Crippen LogP contribution in [0.1, 0.15) is 92.9 Å². The number of carbonyl (C=O) groups excluding carboxylic acids is 2. The molecule has 8 atom stereocenters. The lowest BCUT2D eigenvalue weighted by Crippen LogP contribution is -2.59. The van der Waals surface area contributed by atoms with Crippen molar-refractivity contribution in [1.29, 1.82) is 0 Å². The first-order valence-electron chi connectivity index (χ1n) is 12.0. The summed E-state index contributed by atoms with van der Waals surface area (Å²) in [4.78, 5) is 36.4. The molecule has 0 spiro atoms. The Morgan fingerprint density at radius 1 is 1.03 bits per heavy atom. The summed E-state index contributed by atoms with van der Waals surface area (Å²) in [7, 11) is 0. The number of carbonyl (C=O) groups is 2. The Kier molecular flexibility index (Phi) is 5.63. The second-order valence-electron chi connectivity index (χ2n) is 11.9. The van der Waals surface area contributed by atoms with Gasteiger partial charge in [-0.25, -0.2) is 9.78 Å². The highest BCUT2D eigenvalue weighted by Crippen LogP contribution is 2.66. The van der Waals surface area contributed by atoms with Crippen LogP contribution in [0.2, 0.25) is 0 Å². The lowest BCUT2D eigenvalue weighted by molar-refractivity contribution is -0.397. The fourth-order valence-electron chi connectivity index (χ4n) is 7.62. The quantitative estimate of drug-likeness (QED) is 0.354. The van der Waals surface area contributed by atoms with Gasteiger partial charge in [0.15, 0.2) is 0 Å². The average molecular weight is 421 g/mol. The van der Waals surface area contributed by atoms with E-state index in [9.17, 15) is 9.59 Å². The molecule has 4 saturated carbocycles. The van der Waals surface area contributed by atoms with E-state index in [2.05, 4.69) is 13.8 Å². The lowest BCUT2D eigenvalue weighted by Gasteiger charge is -2.61. The number of ketones is 1. The van der Waals surface area contributed by atoms with E-state index in [4.69, 9.17) is 14.5 Å². The molecule has 30 heavy (non-hydrogen) atoms. The predicted molar refractivity (Wildman–Crippen MR) is 113 cm³/mol. The van der Waals surface area contributed by atoms with E-state index in [1.807, 2.05) is 20.8 Å². The number of hydrogen-bond donors (Lipinski definition) is 0. The summed E-state index contributed by atoms with van der Waals surface area (Å²) in [5.41, 5.74) is -0.605. The Labute approximate surface area is 181 Å². The molecule has 0 amide bonds. The van der Waals surface area contributed by atoms with Gasteiger partial charge in [-0.2, -0.15) is 0 Å². The fourth-order valence-corrected chi connectivity index (χ4v) is 7.62. The van der Waals surface area contributed by atoms with Crippen LogP contribution in [0.3, 0.4) is 0 Å². The minimum atomic E-state index is -0.426. The highest BCUT2D eigenvalue weighted by molar-refractivity contribution is 5.88. The predicted octanol–water partition coefficient (Wildman–Crippen LogP) is 5.26. The first-order chi connectivity index (χ1) is 13.9. The van der Waals surface area contributed by atoms with Crippen LogP contribution in [0.5, 0.6) is 0 Å². The highest BCUT2D eigenvalue weighted by Gasteiger charge is 2.64. The number of Topliss-reactive ketones (excluding diaryl/α,β-unsaturated/α-hetero) is 1. The van der Waals surface area contributed by atoms with Crippen molar-refractivity contribution in [3.05, 3.63) is 0 Å². The molecule has 0 heterocycles. The zero-order valence-electron chi connectivity index (χ0n) is 19.7. The Balaban J connectivity index is 1.59. The molecule has 170 valence electrons. The minimum Gasteiger partial charge on any atom is -0.463 e. The van der Waals surface area contributed by atoms with Gasteiger partial charge in [0.1, 0.15) is 18.0 Å². The third kappa shape index (κ3) is 3.64. The van der Waals surface area contributed by atoms with Crippen LogP contribution in [0.25, 0.3) is 0 Å². The molecule has 0 radical (unpaired) electrons. The molecule has 5 nitrogen and oxygen atoms in total. The van der Waals surface area contributed by atoms with Crippen LogP contribution in [0.15, 0.2) is 0 Å². The summed E-state index contributed by atoms with van der Waals surface area (Å²) < 4.78 is 5.59. The zero-order chi connectivity index (χ0) is 21.9. The first-order valence-corrected chi connectivity index (χ1v) is 12.0. The maximum atomic E-state index is 13.1. The average Bonchev–Trinajstić information content (AvgIpc) is 2.95. The Morgan fingerprint density at radius 2 is 1.77 bits per heavy atom. The minimum absolute atomic E-state index is 0.0651. The molecule has 0 N–H and O–H groups in total. The number of esters is 1. The van der Waals surface area contributed by atoms with Gasteiger partial charge in [0.05, 0.1) is 11.0 Å². The smallest absolute Gasteiger partial charge is 0.302 e. The van der Waals surface area contributed by atoms with Gasteiger partial charge < -0.3 is 4.74 Å². The molecule has 5 heteroatoms. The third-order valence-electron chi connectivity index (χ3n) is 9.15. The zero-order valence-corrected chi connectivity index (χ0v) is 19.7. The summed E-state index contributed by atoms with van der Waals surface area (Å²) in [6, 6.07) is 0. The molecule has 0 saturated heterocycles. The highest BCUT2D eigenvalue weighted by atomic mass is 17.2. The largest absolute Gasteiger partial charge is 0.463 e. The second kappa shape index (κ2) is 7.58. The van der Waals surface area contributed by atoms with E-state index in [1.54, 1.807) is 0 Å². The monoisotopic (exact) mass is 420 g/mol. The maximum Gasteiger partial charge on any atom is 0.302 e. The fraction of sp³-hybridized carbons (Fsp3) is 0.920. The van der Waals surface area contributed by atoms with E-state index in [1.165, 1.54) is 19.8 Å². The molecular weight excluding hydrogens is 380 g/mol. The van der Waals surface area contributed by atoms with Gasteiger partial charge in [-0.05, 0) is 102 Å². The molecule has 0 aromatic rings. The Morgan fingerprint density at radius 3 is 2.43 bits per heavy atom. The summed E-state index contributed by atoms with van der Waals surface area (Å²) in [6.45, 7) is 12.1. The summed E-state index contributed by atoms with van der Waals surface area (Å²) in [5.74, 6) is 2.28. The van der Waals surface area contributed by atoms with Gasteiger partial charge in [-0.15, -0.1) is 0 Å². The lowest BCUT2D eigenvalue weighted by atomic mass is 9.44. The van der Waals surface area contributed by atoms with Gasteiger partial charge in [0.2, 0.25) is 0 Å². The molecule has 4 rings (SSSR count). The van der Waals surface area contributed by atoms with E-state index >= 15 is 0 Å².